The number of hydrogen-bond acceptors (Lipinski definition) is 8. The normalized spacial score (nSPS) is 20.5. The van der Waals surface area contributed by atoms with E-state index in [2.05, 4.69) is 36.7 Å². The van der Waals surface area contributed by atoms with Crippen LogP contribution < -0.4 is 10.5 Å². The summed E-state index contributed by atoms with van der Waals surface area (Å²) in [6, 6.07) is 14.9. The Hall–Kier alpha value is -4.02. The van der Waals surface area contributed by atoms with Gasteiger partial charge in [0, 0.05) is 30.3 Å². The number of fused-ring (bicyclic) bond motifs is 2. The third kappa shape index (κ3) is 4.39. The Morgan fingerprint density at radius 2 is 1.69 bits per heavy atom. The number of ether oxygens (including phenoxy) is 2. The second-order valence-electron chi connectivity index (χ2n) is 10.4. The van der Waals surface area contributed by atoms with Crippen LogP contribution in [0.5, 0.6) is 5.75 Å². The van der Waals surface area contributed by atoms with Crippen molar-refractivity contribution in [2.24, 2.45) is 0 Å². The van der Waals surface area contributed by atoms with Crippen molar-refractivity contribution in [1.29, 1.82) is 0 Å². The Labute approximate surface area is 226 Å². The predicted molar refractivity (Wildman–Crippen MR) is 150 cm³/mol. The number of aromatic amines is 1. The van der Waals surface area contributed by atoms with E-state index in [1.807, 2.05) is 30.3 Å². The first-order valence-electron chi connectivity index (χ1n) is 13.6. The smallest absolute Gasteiger partial charge is 0.164 e. The summed E-state index contributed by atoms with van der Waals surface area (Å²) in [6.07, 6.45) is 5.96. The molecule has 200 valence electrons. The minimum atomic E-state index is 0.283. The number of rotatable bonds is 5. The maximum absolute atomic E-state index is 6.42. The van der Waals surface area contributed by atoms with Crippen LogP contribution in [0, 0.1) is 0 Å². The monoisotopic (exact) mass is 524 g/mol. The first kappa shape index (κ1) is 24.1. The highest BCUT2D eigenvalue weighted by molar-refractivity contribution is 5.99. The second kappa shape index (κ2) is 9.94. The van der Waals surface area contributed by atoms with E-state index in [0.717, 1.165) is 102 Å². The number of nitrogen functional groups attached to an aromatic ring is 1. The molecule has 3 aromatic heterocycles. The molecule has 2 aromatic carbocycles. The Balaban J connectivity index is 1.21. The molecule has 1 aliphatic carbocycles. The molecule has 1 saturated carbocycles. The van der Waals surface area contributed by atoms with Crippen LogP contribution in [0.25, 0.3) is 44.7 Å². The number of aromatic nitrogens is 6. The highest BCUT2D eigenvalue weighted by Gasteiger charge is 2.30. The van der Waals surface area contributed by atoms with E-state index in [9.17, 15) is 0 Å². The van der Waals surface area contributed by atoms with Gasteiger partial charge in [0.05, 0.1) is 42.8 Å². The molecule has 1 saturated heterocycles. The summed E-state index contributed by atoms with van der Waals surface area (Å²) in [7, 11) is 1.66. The van der Waals surface area contributed by atoms with E-state index < -0.39 is 0 Å². The molecule has 2 aliphatic rings. The zero-order chi connectivity index (χ0) is 26.3. The average Bonchev–Trinajstić information content (AvgIpc) is 3.60. The number of imidazole rings is 1. The van der Waals surface area contributed by atoms with Crippen molar-refractivity contribution in [3.63, 3.8) is 0 Å². The van der Waals surface area contributed by atoms with Crippen LogP contribution in [0.3, 0.4) is 0 Å². The third-order valence-electron chi connectivity index (χ3n) is 8.21. The molecule has 3 N–H and O–H groups in total. The van der Waals surface area contributed by atoms with E-state index in [1.165, 1.54) is 6.33 Å². The van der Waals surface area contributed by atoms with Gasteiger partial charge in [0.1, 0.15) is 29.4 Å². The number of nitrogens with zero attached hydrogens (tertiary/aromatic N) is 6. The minimum absolute atomic E-state index is 0.283. The van der Waals surface area contributed by atoms with Crippen molar-refractivity contribution in [3.05, 3.63) is 48.8 Å². The van der Waals surface area contributed by atoms with Crippen molar-refractivity contribution in [3.8, 4) is 28.4 Å². The van der Waals surface area contributed by atoms with Gasteiger partial charge in [-0.2, -0.15) is 5.10 Å². The van der Waals surface area contributed by atoms with Gasteiger partial charge in [-0.25, -0.2) is 19.6 Å². The van der Waals surface area contributed by atoms with Crippen LogP contribution in [0.1, 0.15) is 31.7 Å². The number of methoxy groups -OCH3 is 1. The Morgan fingerprint density at radius 1 is 0.949 bits per heavy atom. The van der Waals surface area contributed by atoms with Crippen molar-refractivity contribution in [1.82, 2.24) is 34.6 Å². The van der Waals surface area contributed by atoms with Gasteiger partial charge in [0.25, 0.3) is 0 Å². The summed E-state index contributed by atoms with van der Waals surface area (Å²) in [4.78, 5) is 19.8. The van der Waals surface area contributed by atoms with Crippen molar-refractivity contribution >= 4 is 27.9 Å². The van der Waals surface area contributed by atoms with Crippen LogP contribution in [0.4, 0.5) is 5.82 Å². The highest BCUT2D eigenvalue weighted by Crippen LogP contribution is 2.37. The molecule has 39 heavy (non-hydrogen) atoms. The average molecular weight is 525 g/mol. The number of H-pyrrole nitrogens is 1. The van der Waals surface area contributed by atoms with Crippen LogP contribution in [-0.4, -0.2) is 74.1 Å². The highest BCUT2D eigenvalue weighted by atomic mass is 16.5. The van der Waals surface area contributed by atoms with Gasteiger partial charge in [-0.15, -0.1) is 0 Å². The maximum Gasteiger partial charge on any atom is 0.164 e. The lowest BCUT2D eigenvalue weighted by molar-refractivity contribution is 0.00520. The number of anilines is 1. The van der Waals surface area contributed by atoms with Crippen molar-refractivity contribution in [2.75, 3.05) is 39.1 Å². The fraction of sp³-hybridized carbons (Fsp3) is 0.379. The molecular weight excluding hydrogens is 492 g/mol. The van der Waals surface area contributed by atoms with E-state index in [0.29, 0.717) is 11.9 Å². The largest absolute Gasteiger partial charge is 0.497 e. The standard InChI is InChI=1S/C29H32N8O2/c1-38-22-9-2-18(3-10-22)28-33-23-11-4-19(16-24(23)34-28)26-25-27(30)31-17-32-29(25)37(35-26)21-7-5-20(6-8-21)36-12-14-39-15-13-36/h2-4,9-11,16-17,20-21H,5-8,12-15H2,1H3,(H,33,34)(H2,30,31,32)/t20-,21-. The minimum Gasteiger partial charge on any atom is -0.497 e. The van der Waals surface area contributed by atoms with Gasteiger partial charge in [-0.05, 0) is 62.1 Å². The summed E-state index contributed by atoms with van der Waals surface area (Å²) >= 11 is 0. The summed E-state index contributed by atoms with van der Waals surface area (Å²) in [5.74, 6) is 2.07. The first-order valence-corrected chi connectivity index (χ1v) is 13.6. The van der Waals surface area contributed by atoms with Crippen LogP contribution in [0.15, 0.2) is 48.8 Å². The van der Waals surface area contributed by atoms with E-state index in [4.69, 9.17) is 25.3 Å². The molecule has 4 heterocycles. The summed E-state index contributed by atoms with van der Waals surface area (Å²) in [5, 5.41) is 5.93. The topological polar surface area (TPSA) is 120 Å². The molecule has 5 aromatic rings. The lowest BCUT2D eigenvalue weighted by Crippen LogP contribution is -2.45. The molecule has 0 radical (unpaired) electrons. The molecule has 0 amide bonds. The maximum atomic E-state index is 6.42. The first-order chi connectivity index (χ1) is 19.2. The zero-order valence-electron chi connectivity index (χ0n) is 22.0. The molecule has 10 heteroatoms. The third-order valence-corrected chi connectivity index (χ3v) is 8.21. The van der Waals surface area contributed by atoms with E-state index in [1.54, 1.807) is 7.11 Å². The zero-order valence-corrected chi connectivity index (χ0v) is 22.0. The quantitative estimate of drug-likeness (QED) is 0.346. The molecule has 2 fully saturated rings. The number of nitrogens with two attached hydrogens (primary N) is 1. The van der Waals surface area contributed by atoms with Gasteiger partial charge < -0.3 is 20.2 Å². The molecule has 10 nitrogen and oxygen atoms in total. The molecule has 7 rings (SSSR count). The molecule has 0 spiro atoms. The Bertz CT molecular complexity index is 1610. The van der Waals surface area contributed by atoms with Gasteiger partial charge in [0.2, 0.25) is 0 Å². The predicted octanol–water partition coefficient (Wildman–Crippen LogP) is 4.44. The van der Waals surface area contributed by atoms with Crippen LogP contribution >= 0.6 is 0 Å². The Morgan fingerprint density at radius 3 is 2.46 bits per heavy atom. The fourth-order valence-electron chi connectivity index (χ4n) is 6.11. The number of hydrogen-bond donors (Lipinski definition) is 2. The second-order valence-corrected chi connectivity index (χ2v) is 10.4. The van der Waals surface area contributed by atoms with Crippen molar-refractivity contribution < 1.29 is 9.47 Å². The van der Waals surface area contributed by atoms with E-state index >= 15 is 0 Å². The molecule has 0 unspecified atom stereocenters. The molecule has 0 bridgehead atoms. The molecule has 0 atom stereocenters. The number of morpholine rings is 1. The lowest BCUT2D eigenvalue weighted by Gasteiger charge is -2.38. The summed E-state index contributed by atoms with van der Waals surface area (Å²) < 4.78 is 12.9. The number of nitrogens with one attached hydrogen (secondary N) is 1. The van der Waals surface area contributed by atoms with Gasteiger partial charge in [0.15, 0.2) is 5.65 Å². The van der Waals surface area contributed by atoms with Crippen LogP contribution in [0.2, 0.25) is 0 Å². The lowest BCUT2D eigenvalue weighted by atomic mass is 9.90. The molecule has 1 aliphatic heterocycles. The summed E-state index contributed by atoms with van der Waals surface area (Å²) in [6.45, 7) is 3.74. The van der Waals surface area contributed by atoms with Gasteiger partial charge >= 0.3 is 0 Å². The van der Waals surface area contributed by atoms with Crippen molar-refractivity contribution in [2.45, 2.75) is 37.8 Å². The Kier molecular flexibility index (Phi) is 6.13. The van der Waals surface area contributed by atoms with Gasteiger partial charge in [-0.3, -0.25) is 4.90 Å². The summed E-state index contributed by atoms with van der Waals surface area (Å²) in [5.41, 5.74) is 11.8. The molecular formula is C29H32N8O2. The fourth-order valence-corrected chi connectivity index (χ4v) is 6.11. The van der Waals surface area contributed by atoms with Gasteiger partial charge in [-0.1, -0.05) is 6.07 Å². The van der Waals surface area contributed by atoms with Crippen LogP contribution in [-0.2, 0) is 4.74 Å². The SMILES string of the molecule is COc1ccc(-c2nc3ccc(-c4nn([C@H]5CC[C@H](N6CCOCC6)CC5)c5ncnc(N)c45)cc3[nH]2)cc1. The number of benzene rings is 2. The van der Waals surface area contributed by atoms with E-state index in [-0.39, 0.29) is 6.04 Å².